The van der Waals surface area contributed by atoms with Crippen LogP contribution in [0.25, 0.3) is 0 Å². The number of sulfonamides is 1. The molecule has 0 aromatic heterocycles. The summed E-state index contributed by atoms with van der Waals surface area (Å²) in [6, 6.07) is 12.6. The number of ether oxygens (including phenoxy) is 1. The predicted octanol–water partition coefficient (Wildman–Crippen LogP) is 5.00. The van der Waals surface area contributed by atoms with Gasteiger partial charge in [0.25, 0.3) is 10.0 Å². The topological polar surface area (TPSA) is 49.9 Å². The first-order valence-corrected chi connectivity index (χ1v) is 13.7. The van der Waals surface area contributed by atoms with Gasteiger partial charge in [0, 0.05) is 34.3 Å². The Morgan fingerprint density at radius 3 is 2.53 bits per heavy atom. The molecule has 0 saturated carbocycles. The molecule has 5 nitrogen and oxygen atoms in total. The molecule has 2 aliphatic heterocycles. The smallest absolute Gasteiger partial charge is 0.264 e. The molecule has 1 fully saturated rings. The molecule has 30 heavy (non-hydrogen) atoms. The average molecular weight is 512 g/mol. The van der Waals surface area contributed by atoms with Gasteiger partial charge >= 0.3 is 0 Å². The molecule has 0 aliphatic carbocycles. The first kappa shape index (κ1) is 22.0. The third kappa shape index (κ3) is 5.15. The quantitative estimate of drug-likeness (QED) is 0.490. The molecule has 0 spiro atoms. The normalized spacial score (nSPS) is 17.6. The van der Waals surface area contributed by atoms with Gasteiger partial charge in [-0.2, -0.15) is 0 Å². The zero-order valence-electron chi connectivity index (χ0n) is 16.9. The van der Waals surface area contributed by atoms with Gasteiger partial charge in [0.15, 0.2) is 0 Å². The molecule has 0 bridgehead atoms. The highest BCUT2D eigenvalue weighted by Gasteiger charge is 2.30. The number of hydrogen-bond acceptors (Lipinski definition) is 5. The summed E-state index contributed by atoms with van der Waals surface area (Å²) in [6.45, 7) is 4.54. The molecule has 0 N–H and O–H groups in total. The maximum absolute atomic E-state index is 13.3. The van der Waals surface area contributed by atoms with E-state index in [1.54, 1.807) is 36.0 Å². The van der Waals surface area contributed by atoms with E-state index < -0.39 is 10.0 Å². The van der Waals surface area contributed by atoms with E-state index in [-0.39, 0.29) is 0 Å². The Hall–Kier alpha value is -1.22. The zero-order valence-corrected chi connectivity index (χ0v) is 20.1. The van der Waals surface area contributed by atoms with Crippen LogP contribution in [0.5, 0.6) is 5.75 Å². The number of rotatable bonds is 7. The van der Waals surface area contributed by atoms with Gasteiger partial charge in [-0.1, -0.05) is 22.4 Å². The molecular weight excluding hydrogens is 484 g/mol. The minimum absolute atomic E-state index is 0.302. The fourth-order valence-electron chi connectivity index (χ4n) is 3.91. The highest BCUT2D eigenvalue weighted by Crippen LogP contribution is 2.40. The Morgan fingerprint density at radius 2 is 1.77 bits per heavy atom. The van der Waals surface area contributed by atoms with Crippen molar-refractivity contribution in [2.45, 2.75) is 35.5 Å². The second-order valence-electron chi connectivity index (χ2n) is 7.61. The third-order valence-corrected chi connectivity index (χ3v) is 8.89. The Morgan fingerprint density at radius 1 is 1.00 bits per heavy atom. The van der Waals surface area contributed by atoms with Crippen LogP contribution >= 0.6 is 27.7 Å². The molecular formula is C22H27BrN2O3S2. The van der Waals surface area contributed by atoms with Crippen LogP contribution in [0.15, 0.2) is 56.7 Å². The van der Waals surface area contributed by atoms with Crippen molar-refractivity contribution in [2.24, 2.45) is 0 Å². The Bertz CT molecular complexity index is 961. The monoisotopic (exact) mass is 510 g/mol. The molecule has 162 valence electrons. The first-order chi connectivity index (χ1) is 14.5. The molecule has 0 unspecified atom stereocenters. The van der Waals surface area contributed by atoms with Crippen LogP contribution < -0.4 is 9.04 Å². The van der Waals surface area contributed by atoms with E-state index >= 15 is 0 Å². The number of anilines is 1. The van der Waals surface area contributed by atoms with Gasteiger partial charge in [-0.25, -0.2) is 8.42 Å². The van der Waals surface area contributed by atoms with Gasteiger partial charge in [0.2, 0.25) is 0 Å². The van der Waals surface area contributed by atoms with E-state index in [9.17, 15) is 8.42 Å². The van der Waals surface area contributed by atoms with Gasteiger partial charge in [0.05, 0.1) is 17.2 Å². The van der Waals surface area contributed by atoms with E-state index in [0.29, 0.717) is 23.7 Å². The van der Waals surface area contributed by atoms with Crippen LogP contribution in [0, 0.1) is 0 Å². The van der Waals surface area contributed by atoms with E-state index in [1.165, 1.54) is 36.7 Å². The lowest BCUT2D eigenvalue weighted by molar-refractivity contribution is 0.205. The lowest BCUT2D eigenvalue weighted by Crippen LogP contribution is -2.35. The number of fused-ring (bicyclic) bond motifs is 1. The highest BCUT2D eigenvalue weighted by atomic mass is 79.9. The molecule has 0 amide bonds. The Kier molecular flexibility index (Phi) is 7.28. The molecule has 0 radical (unpaired) electrons. The van der Waals surface area contributed by atoms with Crippen LogP contribution in [-0.4, -0.2) is 51.9 Å². The molecule has 2 heterocycles. The van der Waals surface area contributed by atoms with Gasteiger partial charge in [-0.15, -0.1) is 11.8 Å². The van der Waals surface area contributed by atoms with Gasteiger partial charge in [-0.3, -0.25) is 4.31 Å². The van der Waals surface area contributed by atoms with E-state index in [0.717, 1.165) is 33.8 Å². The second kappa shape index (κ2) is 9.94. The van der Waals surface area contributed by atoms with Crippen LogP contribution in [0.2, 0.25) is 0 Å². The molecule has 2 aliphatic rings. The van der Waals surface area contributed by atoms with Crippen molar-refractivity contribution in [3.8, 4) is 5.75 Å². The molecule has 1 saturated heterocycles. The standard InChI is InChI=1S/C22H27BrN2O3S2/c23-18-5-8-20(9-6-18)30(26,27)25-14-16-29-22-10-7-19(17-21(22)25)28-15-4-13-24-11-2-1-3-12-24/h5-10,17H,1-4,11-16H2. The predicted molar refractivity (Wildman–Crippen MR) is 126 cm³/mol. The molecule has 0 atom stereocenters. The lowest BCUT2D eigenvalue weighted by Gasteiger charge is -2.30. The van der Waals surface area contributed by atoms with E-state index in [4.69, 9.17) is 4.74 Å². The van der Waals surface area contributed by atoms with Crippen LogP contribution in [0.4, 0.5) is 5.69 Å². The SMILES string of the molecule is O=S(=O)(c1ccc(Br)cc1)N1CCSc2ccc(OCCCN3CCCCC3)cc21. The summed E-state index contributed by atoms with van der Waals surface area (Å²) in [5.74, 6) is 1.46. The zero-order chi connectivity index (χ0) is 21.0. The Balaban J connectivity index is 1.45. The fourth-order valence-corrected chi connectivity index (χ4v) is 6.80. The summed E-state index contributed by atoms with van der Waals surface area (Å²) in [5.41, 5.74) is 0.711. The summed E-state index contributed by atoms with van der Waals surface area (Å²) in [5, 5.41) is 0. The van der Waals surface area contributed by atoms with Crippen molar-refractivity contribution in [3.05, 3.63) is 46.9 Å². The van der Waals surface area contributed by atoms with E-state index in [2.05, 4.69) is 20.8 Å². The largest absolute Gasteiger partial charge is 0.493 e. The average Bonchev–Trinajstić information content (AvgIpc) is 2.77. The summed E-state index contributed by atoms with van der Waals surface area (Å²) in [7, 11) is -3.61. The number of piperidine rings is 1. The number of nitrogens with zero attached hydrogens (tertiary/aromatic N) is 2. The van der Waals surface area contributed by atoms with Crippen molar-refractivity contribution in [1.29, 1.82) is 0 Å². The maximum atomic E-state index is 13.3. The van der Waals surface area contributed by atoms with Gasteiger partial charge in [0.1, 0.15) is 5.75 Å². The minimum atomic E-state index is -3.61. The van der Waals surface area contributed by atoms with E-state index in [1.807, 2.05) is 18.2 Å². The third-order valence-electron chi connectivity index (χ3n) is 5.49. The summed E-state index contributed by atoms with van der Waals surface area (Å²) in [4.78, 5) is 3.78. The number of thioether (sulfide) groups is 1. The number of likely N-dealkylation sites (tertiary alicyclic amines) is 1. The summed E-state index contributed by atoms with van der Waals surface area (Å²) < 4.78 is 34.9. The molecule has 2 aromatic rings. The van der Waals surface area contributed by atoms with Crippen molar-refractivity contribution in [2.75, 3.05) is 42.8 Å². The summed E-state index contributed by atoms with van der Waals surface area (Å²) in [6.07, 6.45) is 4.92. The Labute approximate surface area is 192 Å². The van der Waals surface area contributed by atoms with Crippen molar-refractivity contribution in [1.82, 2.24) is 4.90 Å². The number of benzene rings is 2. The van der Waals surface area contributed by atoms with Gasteiger partial charge < -0.3 is 9.64 Å². The molecule has 2 aromatic carbocycles. The summed E-state index contributed by atoms with van der Waals surface area (Å²) >= 11 is 5.05. The van der Waals surface area contributed by atoms with Crippen molar-refractivity contribution in [3.63, 3.8) is 0 Å². The van der Waals surface area contributed by atoms with Gasteiger partial charge in [-0.05, 0) is 68.8 Å². The first-order valence-electron chi connectivity index (χ1n) is 10.4. The number of halogens is 1. The maximum Gasteiger partial charge on any atom is 0.264 e. The number of hydrogen-bond donors (Lipinski definition) is 0. The van der Waals surface area contributed by atoms with Crippen molar-refractivity contribution < 1.29 is 13.2 Å². The molecule has 4 rings (SSSR count). The van der Waals surface area contributed by atoms with Crippen LogP contribution in [0.1, 0.15) is 25.7 Å². The fraction of sp³-hybridized carbons (Fsp3) is 0.455. The highest BCUT2D eigenvalue weighted by molar-refractivity contribution is 9.10. The van der Waals surface area contributed by atoms with Crippen LogP contribution in [0.3, 0.4) is 0 Å². The molecule has 8 heteroatoms. The van der Waals surface area contributed by atoms with Crippen LogP contribution in [-0.2, 0) is 10.0 Å². The van der Waals surface area contributed by atoms with Crippen molar-refractivity contribution >= 4 is 43.4 Å². The lowest BCUT2D eigenvalue weighted by atomic mass is 10.1. The second-order valence-corrected chi connectivity index (χ2v) is 11.5. The minimum Gasteiger partial charge on any atom is -0.493 e.